The van der Waals surface area contributed by atoms with Crippen LogP contribution in [0, 0.1) is 17.6 Å². The number of aromatic carboxylic acids is 1. The Bertz CT molecular complexity index is 1260. The Hall–Kier alpha value is -2.98. The number of likely N-dealkylation sites (N-methyl/N-ethyl adjacent to an activating group) is 1. The van der Waals surface area contributed by atoms with Crippen molar-refractivity contribution in [3.8, 4) is 5.75 Å². The van der Waals surface area contributed by atoms with Crippen molar-refractivity contribution in [1.29, 1.82) is 0 Å². The lowest BCUT2D eigenvalue weighted by molar-refractivity contribution is 0.0692. The average Bonchev–Trinajstić information content (AvgIpc) is 3.55. The van der Waals surface area contributed by atoms with Gasteiger partial charge in [-0.15, -0.1) is 0 Å². The number of benzene rings is 2. The van der Waals surface area contributed by atoms with Gasteiger partial charge >= 0.3 is 5.97 Å². The minimum Gasteiger partial charge on any atom is -0.492 e. The maximum absolute atomic E-state index is 14.9. The van der Waals surface area contributed by atoms with E-state index in [2.05, 4.69) is 9.62 Å². The molecule has 1 heterocycles. The topological polar surface area (TPSA) is 95.9 Å². The van der Waals surface area contributed by atoms with Crippen LogP contribution < -0.4 is 9.46 Å². The molecule has 1 aliphatic heterocycles. The molecule has 34 heavy (non-hydrogen) atoms. The Balaban J connectivity index is 1.71. The molecule has 0 radical (unpaired) electrons. The Morgan fingerprint density at radius 3 is 2.68 bits per heavy atom. The fraction of sp³-hybridized carbons (Fsp3) is 0.375. The molecule has 2 atom stereocenters. The van der Waals surface area contributed by atoms with E-state index in [4.69, 9.17) is 4.74 Å². The van der Waals surface area contributed by atoms with E-state index in [1.807, 2.05) is 13.8 Å². The summed E-state index contributed by atoms with van der Waals surface area (Å²) in [5.41, 5.74) is -0.609. The van der Waals surface area contributed by atoms with Gasteiger partial charge in [-0.1, -0.05) is 26.0 Å². The summed E-state index contributed by atoms with van der Waals surface area (Å²) in [6, 6.07) is 4.05. The quantitative estimate of drug-likeness (QED) is 0.542. The first-order valence-corrected chi connectivity index (χ1v) is 12.6. The monoisotopic (exact) mass is 492 g/mol. The zero-order valence-electron chi connectivity index (χ0n) is 18.8. The molecule has 2 N–H and O–H groups in total. The number of fused-ring (bicyclic) bond motifs is 3. The van der Waals surface area contributed by atoms with E-state index < -0.39 is 38.9 Å². The van der Waals surface area contributed by atoms with Gasteiger partial charge < -0.3 is 14.7 Å². The molecule has 2 unspecified atom stereocenters. The molecular formula is C24H26F2N2O5S. The van der Waals surface area contributed by atoms with Crippen molar-refractivity contribution >= 4 is 27.8 Å². The highest BCUT2D eigenvalue weighted by molar-refractivity contribution is 7.92. The molecule has 0 amide bonds. The van der Waals surface area contributed by atoms with Crippen LogP contribution in [0.15, 0.2) is 35.2 Å². The maximum atomic E-state index is 14.9. The first-order chi connectivity index (χ1) is 16.2. The number of hydrogen-bond donors (Lipinski definition) is 2. The first-order valence-electron chi connectivity index (χ1n) is 11.1. The number of carbonyl (C=O) groups is 1. The normalized spacial score (nSPS) is 19.0. The number of halogens is 2. The lowest BCUT2D eigenvalue weighted by atomic mass is 9.99. The van der Waals surface area contributed by atoms with Gasteiger partial charge in [0.05, 0.1) is 17.2 Å². The van der Waals surface area contributed by atoms with Gasteiger partial charge in [0.1, 0.15) is 22.9 Å². The number of rotatable bonds is 9. The fourth-order valence-electron chi connectivity index (χ4n) is 4.31. The summed E-state index contributed by atoms with van der Waals surface area (Å²) < 4.78 is 63.0. The Kier molecular flexibility index (Phi) is 6.64. The summed E-state index contributed by atoms with van der Waals surface area (Å²) >= 11 is 0. The van der Waals surface area contributed by atoms with Crippen molar-refractivity contribution in [3.05, 3.63) is 58.7 Å². The van der Waals surface area contributed by atoms with Crippen LogP contribution in [0.5, 0.6) is 5.75 Å². The van der Waals surface area contributed by atoms with Crippen molar-refractivity contribution in [3.63, 3.8) is 0 Å². The van der Waals surface area contributed by atoms with E-state index in [9.17, 15) is 27.1 Å². The number of nitrogens with one attached hydrogen (secondary N) is 1. The van der Waals surface area contributed by atoms with Gasteiger partial charge in [-0.2, -0.15) is 0 Å². The third kappa shape index (κ3) is 4.65. The largest absolute Gasteiger partial charge is 0.492 e. The second-order valence-corrected chi connectivity index (χ2v) is 10.1. The minimum atomic E-state index is -4.39. The predicted molar refractivity (Wildman–Crippen MR) is 124 cm³/mol. The van der Waals surface area contributed by atoms with Crippen LogP contribution in [-0.2, 0) is 10.0 Å². The maximum Gasteiger partial charge on any atom is 0.341 e. The lowest BCUT2D eigenvalue weighted by Crippen LogP contribution is -2.22. The van der Waals surface area contributed by atoms with Gasteiger partial charge in [0, 0.05) is 18.0 Å². The van der Waals surface area contributed by atoms with E-state index in [-0.39, 0.29) is 40.2 Å². The van der Waals surface area contributed by atoms with Crippen molar-refractivity contribution in [2.24, 2.45) is 5.92 Å². The van der Waals surface area contributed by atoms with Crippen molar-refractivity contribution in [2.75, 3.05) is 31.0 Å². The third-order valence-electron chi connectivity index (χ3n) is 6.28. The van der Waals surface area contributed by atoms with Gasteiger partial charge in [-0.3, -0.25) is 4.72 Å². The second kappa shape index (κ2) is 9.34. The third-order valence-corrected chi connectivity index (χ3v) is 7.72. The van der Waals surface area contributed by atoms with Crippen LogP contribution in [-0.4, -0.2) is 50.6 Å². The Morgan fingerprint density at radius 2 is 2.00 bits per heavy atom. The summed E-state index contributed by atoms with van der Waals surface area (Å²) in [5, 5.41) is 9.78. The molecule has 2 aromatic rings. The fourth-order valence-corrected chi connectivity index (χ4v) is 5.56. The van der Waals surface area contributed by atoms with Gasteiger partial charge in [0.25, 0.3) is 10.0 Å². The van der Waals surface area contributed by atoms with E-state index in [1.54, 1.807) is 6.08 Å². The molecule has 1 fully saturated rings. The smallest absolute Gasteiger partial charge is 0.341 e. The molecule has 1 saturated carbocycles. The summed E-state index contributed by atoms with van der Waals surface area (Å²) in [7, 11) is -4.39. The molecule has 0 aromatic heterocycles. The van der Waals surface area contributed by atoms with E-state index in [0.29, 0.717) is 13.0 Å². The van der Waals surface area contributed by atoms with Gasteiger partial charge in [-0.05, 0) is 55.3 Å². The second-order valence-electron chi connectivity index (χ2n) is 8.42. The van der Waals surface area contributed by atoms with Crippen LogP contribution in [0.4, 0.5) is 14.5 Å². The number of sulfonamides is 1. The van der Waals surface area contributed by atoms with Gasteiger partial charge in [0.2, 0.25) is 0 Å². The lowest BCUT2D eigenvalue weighted by Gasteiger charge is -2.22. The molecule has 2 aromatic carbocycles. The SMILES string of the molecule is CCN(CC)C/C=C/c1cc(F)ccc1S(=O)(=O)Nc1cc(F)c2c(c1C(=O)O)OCC1CC21. The van der Waals surface area contributed by atoms with E-state index >= 15 is 0 Å². The molecule has 0 bridgehead atoms. The van der Waals surface area contributed by atoms with Crippen molar-refractivity contribution in [2.45, 2.75) is 31.1 Å². The first kappa shape index (κ1) is 24.2. The van der Waals surface area contributed by atoms with Crippen LogP contribution in [0.2, 0.25) is 0 Å². The molecule has 4 rings (SSSR count). The van der Waals surface area contributed by atoms with Gasteiger partial charge in [-0.25, -0.2) is 22.0 Å². The summed E-state index contributed by atoms with van der Waals surface area (Å²) in [4.78, 5) is 13.8. The van der Waals surface area contributed by atoms with Crippen LogP contribution in [0.1, 0.15) is 47.7 Å². The molecule has 10 heteroatoms. The number of ether oxygens (including phenoxy) is 1. The Morgan fingerprint density at radius 1 is 1.26 bits per heavy atom. The zero-order chi connectivity index (χ0) is 24.6. The molecule has 7 nitrogen and oxygen atoms in total. The summed E-state index contributed by atoms with van der Waals surface area (Å²) in [6.07, 6.45) is 3.92. The van der Waals surface area contributed by atoms with Crippen molar-refractivity contribution in [1.82, 2.24) is 4.90 Å². The summed E-state index contributed by atoms with van der Waals surface area (Å²) in [6.45, 7) is 6.36. The number of anilines is 1. The highest BCUT2D eigenvalue weighted by Crippen LogP contribution is 2.56. The number of nitrogens with zero attached hydrogens (tertiary/aromatic N) is 1. The number of carboxylic acids is 1. The summed E-state index contributed by atoms with van der Waals surface area (Å²) in [5.74, 6) is -2.89. The minimum absolute atomic E-state index is 0.0898. The standard InChI is InChI=1S/C24H26F2N2O5S/c1-3-28(4-2)9-5-6-14-10-16(25)7-8-20(14)34(31,32)27-19-12-18(26)21-17-11-15(17)13-33-23(21)22(19)24(29)30/h5-8,10,12,15,17,27H,3-4,9,11,13H2,1-2H3,(H,29,30)/b6-5+. The van der Waals surface area contributed by atoms with Gasteiger partial charge in [0.15, 0.2) is 0 Å². The number of hydrogen-bond acceptors (Lipinski definition) is 5. The number of carboxylic acid groups (broad SMARTS) is 1. The highest BCUT2D eigenvalue weighted by atomic mass is 32.2. The molecule has 1 aliphatic carbocycles. The van der Waals surface area contributed by atoms with E-state index in [1.165, 1.54) is 6.08 Å². The molecule has 2 aliphatic rings. The predicted octanol–water partition coefficient (Wildman–Crippen LogP) is 4.31. The van der Waals surface area contributed by atoms with Crippen LogP contribution in [0.25, 0.3) is 6.08 Å². The van der Waals surface area contributed by atoms with E-state index in [0.717, 1.165) is 37.4 Å². The average molecular weight is 493 g/mol. The Labute approximate surface area is 197 Å². The highest BCUT2D eigenvalue weighted by Gasteiger charge is 2.47. The molecular weight excluding hydrogens is 466 g/mol. The van der Waals surface area contributed by atoms with Crippen LogP contribution >= 0.6 is 0 Å². The van der Waals surface area contributed by atoms with Crippen LogP contribution in [0.3, 0.4) is 0 Å². The zero-order valence-corrected chi connectivity index (χ0v) is 19.7. The van der Waals surface area contributed by atoms with Crippen molar-refractivity contribution < 1.29 is 31.8 Å². The molecule has 0 saturated heterocycles. The molecule has 182 valence electrons. The molecule has 0 spiro atoms.